The Bertz CT molecular complexity index is 804. The highest BCUT2D eigenvalue weighted by Crippen LogP contribution is 2.31. The van der Waals surface area contributed by atoms with Crippen molar-refractivity contribution in [1.29, 1.82) is 0 Å². The van der Waals surface area contributed by atoms with Gasteiger partial charge < -0.3 is 20.0 Å². The molecule has 1 aliphatic heterocycles. The molecule has 3 aromatic rings. The van der Waals surface area contributed by atoms with Crippen LogP contribution in [0.2, 0.25) is 0 Å². The van der Waals surface area contributed by atoms with Crippen molar-refractivity contribution in [2.75, 3.05) is 7.11 Å². The second-order valence-electron chi connectivity index (χ2n) is 5.46. The lowest BCUT2D eigenvalue weighted by Crippen LogP contribution is -2.32. The molecule has 0 aliphatic carbocycles. The first-order chi connectivity index (χ1) is 10.3. The third kappa shape index (κ3) is 1.91. The zero-order valence-electron chi connectivity index (χ0n) is 11.8. The van der Waals surface area contributed by atoms with E-state index < -0.39 is 0 Å². The summed E-state index contributed by atoms with van der Waals surface area (Å²) < 4.78 is 7.45. The van der Waals surface area contributed by atoms with Gasteiger partial charge in [0.2, 0.25) is 0 Å². The summed E-state index contributed by atoms with van der Waals surface area (Å²) in [5, 5.41) is 9.77. The lowest BCUT2D eigenvalue weighted by atomic mass is 10.1. The normalized spacial score (nSPS) is 17.9. The van der Waals surface area contributed by atoms with E-state index in [1.807, 2.05) is 24.4 Å². The van der Waals surface area contributed by atoms with Gasteiger partial charge in [0, 0.05) is 41.7 Å². The number of rotatable bonds is 2. The van der Waals surface area contributed by atoms with Crippen LogP contribution in [-0.2, 0) is 13.0 Å². The van der Waals surface area contributed by atoms with Crippen molar-refractivity contribution in [2.24, 2.45) is 5.73 Å². The summed E-state index contributed by atoms with van der Waals surface area (Å²) in [7, 11) is 1.67. The van der Waals surface area contributed by atoms with Crippen molar-refractivity contribution in [3.63, 3.8) is 0 Å². The molecule has 1 unspecified atom stereocenters. The number of aromatic amines is 1. The molecule has 6 nitrogen and oxygen atoms in total. The number of benzene rings is 1. The molecule has 3 heterocycles. The number of ether oxygens (including phenoxy) is 1. The Morgan fingerprint density at radius 2 is 2.29 bits per heavy atom. The van der Waals surface area contributed by atoms with E-state index in [1.165, 1.54) is 0 Å². The van der Waals surface area contributed by atoms with Crippen LogP contribution in [0.15, 0.2) is 24.4 Å². The lowest BCUT2D eigenvalue weighted by molar-refractivity contribution is 0.415. The molecule has 1 atom stereocenters. The van der Waals surface area contributed by atoms with Crippen LogP contribution < -0.4 is 10.5 Å². The molecule has 0 radical (unpaired) electrons. The second kappa shape index (κ2) is 4.60. The Morgan fingerprint density at radius 3 is 3.14 bits per heavy atom. The zero-order valence-corrected chi connectivity index (χ0v) is 11.8. The van der Waals surface area contributed by atoms with Gasteiger partial charge in [-0.25, -0.2) is 0 Å². The molecular weight excluding hydrogens is 266 g/mol. The molecule has 108 valence electrons. The predicted octanol–water partition coefficient (Wildman–Crippen LogP) is 1.71. The number of nitrogens with zero attached hydrogens (tertiary/aromatic N) is 3. The van der Waals surface area contributed by atoms with E-state index in [2.05, 4.69) is 19.7 Å². The number of hydrogen-bond donors (Lipinski definition) is 2. The van der Waals surface area contributed by atoms with Gasteiger partial charge in [-0.05, 0) is 24.6 Å². The van der Waals surface area contributed by atoms with Crippen molar-refractivity contribution in [3.05, 3.63) is 30.2 Å². The summed E-state index contributed by atoms with van der Waals surface area (Å²) in [5.74, 6) is 2.72. The van der Waals surface area contributed by atoms with E-state index in [1.54, 1.807) is 7.11 Å². The van der Waals surface area contributed by atoms with Crippen molar-refractivity contribution in [3.8, 4) is 17.1 Å². The number of nitrogens with two attached hydrogens (primary N) is 1. The third-order valence-corrected chi connectivity index (χ3v) is 4.11. The van der Waals surface area contributed by atoms with Gasteiger partial charge >= 0.3 is 0 Å². The Labute approximate surface area is 121 Å². The minimum Gasteiger partial charge on any atom is -0.497 e. The van der Waals surface area contributed by atoms with E-state index in [4.69, 9.17) is 10.5 Å². The number of fused-ring (bicyclic) bond motifs is 2. The minimum atomic E-state index is 0.173. The van der Waals surface area contributed by atoms with Crippen molar-refractivity contribution < 1.29 is 4.74 Å². The van der Waals surface area contributed by atoms with Gasteiger partial charge in [0.15, 0.2) is 5.82 Å². The fourth-order valence-corrected chi connectivity index (χ4v) is 2.96. The minimum absolute atomic E-state index is 0.173. The number of aromatic nitrogens is 4. The molecule has 1 aliphatic rings. The Morgan fingerprint density at radius 1 is 1.38 bits per heavy atom. The zero-order chi connectivity index (χ0) is 14.4. The highest BCUT2D eigenvalue weighted by atomic mass is 16.5. The van der Waals surface area contributed by atoms with Gasteiger partial charge in [-0.2, -0.15) is 0 Å². The molecular formula is C15H17N5O. The molecule has 1 aromatic carbocycles. The Hall–Kier alpha value is -2.34. The molecule has 0 saturated heterocycles. The highest BCUT2D eigenvalue weighted by Gasteiger charge is 2.22. The lowest BCUT2D eigenvalue weighted by Gasteiger charge is -2.20. The monoisotopic (exact) mass is 283 g/mol. The van der Waals surface area contributed by atoms with Crippen LogP contribution in [-0.4, -0.2) is 32.9 Å². The van der Waals surface area contributed by atoms with Gasteiger partial charge in [0.05, 0.1) is 7.11 Å². The maximum Gasteiger partial charge on any atom is 0.166 e. The van der Waals surface area contributed by atoms with E-state index in [-0.39, 0.29) is 6.04 Å². The van der Waals surface area contributed by atoms with Crippen LogP contribution in [0.5, 0.6) is 5.75 Å². The molecule has 0 saturated carbocycles. The van der Waals surface area contributed by atoms with Crippen molar-refractivity contribution in [1.82, 2.24) is 19.7 Å². The average Bonchev–Trinajstić information content (AvgIpc) is 3.09. The van der Waals surface area contributed by atoms with E-state index in [0.29, 0.717) is 0 Å². The maximum atomic E-state index is 6.09. The largest absolute Gasteiger partial charge is 0.497 e. The smallest absolute Gasteiger partial charge is 0.166 e. The molecule has 4 rings (SSSR count). The van der Waals surface area contributed by atoms with Crippen molar-refractivity contribution in [2.45, 2.75) is 25.4 Å². The molecule has 0 bridgehead atoms. The van der Waals surface area contributed by atoms with E-state index in [0.717, 1.165) is 53.3 Å². The SMILES string of the molecule is COc1ccc2[nH]cc(-c3nnc4n3CC(N)CC4)c2c1. The van der Waals surface area contributed by atoms with Crippen molar-refractivity contribution >= 4 is 10.9 Å². The fourth-order valence-electron chi connectivity index (χ4n) is 2.96. The first kappa shape index (κ1) is 12.4. The molecule has 0 spiro atoms. The fraction of sp³-hybridized carbons (Fsp3) is 0.333. The van der Waals surface area contributed by atoms with Crippen LogP contribution >= 0.6 is 0 Å². The molecule has 6 heteroatoms. The number of hydrogen-bond acceptors (Lipinski definition) is 4. The predicted molar refractivity (Wildman–Crippen MR) is 80.2 cm³/mol. The number of methoxy groups -OCH3 is 1. The third-order valence-electron chi connectivity index (χ3n) is 4.11. The quantitative estimate of drug-likeness (QED) is 0.750. The summed E-state index contributed by atoms with van der Waals surface area (Å²) in [4.78, 5) is 3.28. The summed E-state index contributed by atoms with van der Waals surface area (Å²) in [6.45, 7) is 0.772. The van der Waals surface area contributed by atoms with Gasteiger partial charge in [0.25, 0.3) is 0 Å². The van der Waals surface area contributed by atoms with Crippen LogP contribution in [0.1, 0.15) is 12.2 Å². The topological polar surface area (TPSA) is 81.8 Å². The molecule has 0 amide bonds. The summed E-state index contributed by atoms with van der Waals surface area (Å²) >= 11 is 0. The van der Waals surface area contributed by atoms with Crippen LogP contribution in [0, 0.1) is 0 Å². The maximum absolute atomic E-state index is 6.09. The first-order valence-electron chi connectivity index (χ1n) is 7.09. The van der Waals surface area contributed by atoms with Crippen LogP contribution in [0.3, 0.4) is 0 Å². The van der Waals surface area contributed by atoms with Crippen LogP contribution in [0.25, 0.3) is 22.3 Å². The van der Waals surface area contributed by atoms with Crippen LogP contribution in [0.4, 0.5) is 0 Å². The van der Waals surface area contributed by atoms with E-state index in [9.17, 15) is 0 Å². The van der Waals surface area contributed by atoms with E-state index >= 15 is 0 Å². The first-order valence-corrected chi connectivity index (χ1v) is 7.09. The Kier molecular flexibility index (Phi) is 2.71. The number of nitrogens with one attached hydrogen (secondary N) is 1. The second-order valence-corrected chi connectivity index (χ2v) is 5.46. The summed E-state index contributed by atoms with van der Waals surface area (Å²) in [5.41, 5.74) is 8.18. The molecule has 0 fully saturated rings. The van der Waals surface area contributed by atoms with Gasteiger partial charge in [-0.1, -0.05) is 0 Å². The Balaban J connectivity index is 1.89. The number of H-pyrrole nitrogens is 1. The molecule has 2 aromatic heterocycles. The van der Waals surface area contributed by atoms with Gasteiger partial charge in [0.1, 0.15) is 11.6 Å². The summed E-state index contributed by atoms with van der Waals surface area (Å²) in [6, 6.07) is 6.15. The van der Waals surface area contributed by atoms with Gasteiger partial charge in [-0.15, -0.1) is 10.2 Å². The molecule has 3 N–H and O–H groups in total. The summed E-state index contributed by atoms with van der Waals surface area (Å²) in [6.07, 6.45) is 3.83. The van der Waals surface area contributed by atoms with Gasteiger partial charge in [-0.3, -0.25) is 0 Å². The highest BCUT2D eigenvalue weighted by molar-refractivity contribution is 5.94. The standard InChI is InChI=1S/C15H17N5O/c1-21-10-3-4-13-11(6-10)12(7-17-13)15-19-18-14-5-2-9(16)8-20(14)15/h3-4,6-7,9,17H,2,5,8,16H2,1H3. The number of aryl methyl sites for hydroxylation is 1. The average molecular weight is 283 g/mol. The molecule has 21 heavy (non-hydrogen) atoms.